The zero-order valence-corrected chi connectivity index (χ0v) is 24.3. The Bertz CT molecular complexity index is 1870. The Labute approximate surface area is 244 Å². The Kier molecular flexibility index (Phi) is 8.37. The van der Waals surface area contributed by atoms with Crippen LogP contribution in [0.1, 0.15) is 37.9 Å². The first-order valence-electron chi connectivity index (χ1n) is 13.1. The summed E-state index contributed by atoms with van der Waals surface area (Å²) >= 11 is 7.79. The molecule has 41 heavy (non-hydrogen) atoms. The maximum absolute atomic E-state index is 14.1. The molecule has 1 atom stereocenters. The van der Waals surface area contributed by atoms with Gasteiger partial charge in [-0.1, -0.05) is 71.5 Å². The minimum Gasteiger partial charge on any atom is -0.481 e. The Balaban J connectivity index is 1.73. The van der Waals surface area contributed by atoms with Crippen LogP contribution in [0, 0.1) is 0 Å². The summed E-state index contributed by atoms with van der Waals surface area (Å²) in [4.78, 5) is 44.3. The Hall–Kier alpha value is -4.21. The summed E-state index contributed by atoms with van der Waals surface area (Å²) in [5.41, 5.74) is 1.57. The third-order valence-electron chi connectivity index (χ3n) is 6.57. The highest BCUT2D eigenvalue weighted by molar-refractivity contribution is 7.07. The summed E-state index contributed by atoms with van der Waals surface area (Å²) in [6.45, 7) is 5.31. The van der Waals surface area contributed by atoms with Gasteiger partial charge in [0.1, 0.15) is 11.8 Å². The van der Waals surface area contributed by atoms with Crippen LogP contribution < -0.4 is 19.6 Å². The average molecular weight is 591 g/mol. The molecule has 0 saturated heterocycles. The van der Waals surface area contributed by atoms with Crippen LogP contribution in [0.5, 0.6) is 5.75 Å². The average Bonchev–Trinajstić information content (AvgIpc) is 3.26. The zero-order valence-electron chi connectivity index (χ0n) is 22.7. The SMILES string of the molecule is CCOC(=O)COc1ccc2ccccc2c1/C=c1\sc2n(c1=O)C(c1ccccc1Cl)C(C(=O)OCC)=C(C)N=2. The molecule has 0 spiro atoms. The number of thiazole rings is 1. The van der Waals surface area contributed by atoms with E-state index in [1.807, 2.05) is 30.3 Å². The van der Waals surface area contributed by atoms with Gasteiger partial charge in [-0.15, -0.1) is 0 Å². The van der Waals surface area contributed by atoms with Gasteiger partial charge >= 0.3 is 11.9 Å². The molecule has 4 aromatic rings. The fourth-order valence-corrected chi connectivity index (χ4v) is 6.07. The van der Waals surface area contributed by atoms with E-state index in [0.29, 0.717) is 36.9 Å². The minimum absolute atomic E-state index is 0.172. The summed E-state index contributed by atoms with van der Waals surface area (Å²) in [6.07, 6.45) is 1.74. The number of carbonyl (C=O) groups excluding carboxylic acids is 2. The molecule has 1 unspecified atom stereocenters. The van der Waals surface area contributed by atoms with Crippen LogP contribution in [-0.4, -0.2) is 36.3 Å². The largest absolute Gasteiger partial charge is 0.481 e. The van der Waals surface area contributed by atoms with Crippen molar-refractivity contribution in [2.75, 3.05) is 19.8 Å². The standard InChI is InChI=1S/C31H27ClN2O6S/c1-4-38-26(35)17-40-24-15-14-19-10-6-7-11-20(19)22(24)16-25-29(36)34-28(21-12-8-9-13-23(21)32)27(30(37)39-5-2)18(3)33-31(34)41-25/h6-16,28H,4-5,17H2,1-3H3/b25-16-. The summed E-state index contributed by atoms with van der Waals surface area (Å²) in [7, 11) is 0. The molecule has 5 rings (SSSR count). The molecule has 1 aromatic heterocycles. The van der Waals surface area contributed by atoms with Gasteiger partial charge in [-0.05, 0) is 55.3 Å². The maximum atomic E-state index is 14.1. The van der Waals surface area contributed by atoms with Gasteiger partial charge in [-0.2, -0.15) is 0 Å². The fraction of sp³-hybridized carbons (Fsp3) is 0.226. The molecular formula is C31H27ClN2O6S. The van der Waals surface area contributed by atoms with Crippen molar-refractivity contribution in [3.05, 3.63) is 108 Å². The zero-order chi connectivity index (χ0) is 29.1. The molecule has 0 fully saturated rings. The van der Waals surface area contributed by atoms with Crippen molar-refractivity contribution in [3.63, 3.8) is 0 Å². The van der Waals surface area contributed by atoms with Crippen LogP contribution in [0.3, 0.4) is 0 Å². The summed E-state index contributed by atoms with van der Waals surface area (Å²) in [5, 5.41) is 2.18. The van der Waals surface area contributed by atoms with Crippen LogP contribution in [0.4, 0.5) is 0 Å². The number of hydrogen-bond acceptors (Lipinski definition) is 8. The van der Waals surface area contributed by atoms with Crippen molar-refractivity contribution in [1.82, 2.24) is 4.57 Å². The Morgan fingerprint density at radius 1 is 1.02 bits per heavy atom. The second-order valence-electron chi connectivity index (χ2n) is 9.12. The summed E-state index contributed by atoms with van der Waals surface area (Å²) in [5.74, 6) is -0.627. The maximum Gasteiger partial charge on any atom is 0.344 e. The lowest BCUT2D eigenvalue weighted by Crippen LogP contribution is -2.40. The number of ether oxygens (including phenoxy) is 3. The molecule has 0 saturated carbocycles. The lowest BCUT2D eigenvalue weighted by molar-refractivity contribution is -0.145. The van der Waals surface area contributed by atoms with Gasteiger partial charge in [0.15, 0.2) is 11.4 Å². The van der Waals surface area contributed by atoms with Crippen molar-refractivity contribution in [1.29, 1.82) is 0 Å². The number of nitrogens with zero attached hydrogens (tertiary/aromatic N) is 2. The van der Waals surface area contributed by atoms with Gasteiger partial charge in [-0.3, -0.25) is 9.36 Å². The van der Waals surface area contributed by atoms with Crippen molar-refractivity contribution < 1.29 is 23.8 Å². The molecule has 0 N–H and O–H groups in total. The number of allylic oxidation sites excluding steroid dienone is 1. The van der Waals surface area contributed by atoms with Gasteiger partial charge < -0.3 is 14.2 Å². The molecule has 3 aromatic carbocycles. The van der Waals surface area contributed by atoms with E-state index in [1.54, 1.807) is 57.2 Å². The van der Waals surface area contributed by atoms with E-state index < -0.39 is 18.0 Å². The third-order valence-corrected chi connectivity index (χ3v) is 7.90. The number of hydrogen-bond donors (Lipinski definition) is 0. The second-order valence-corrected chi connectivity index (χ2v) is 10.5. The van der Waals surface area contributed by atoms with Gasteiger partial charge in [0, 0.05) is 10.6 Å². The molecule has 0 amide bonds. The molecule has 1 aliphatic rings. The number of aromatic nitrogens is 1. The van der Waals surface area contributed by atoms with E-state index in [-0.39, 0.29) is 31.0 Å². The predicted molar refractivity (Wildman–Crippen MR) is 158 cm³/mol. The van der Waals surface area contributed by atoms with Gasteiger partial charge in [0.05, 0.1) is 29.0 Å². The molecule has 2 heterocycles. The molecular weight excluding hydrogens is 564 g/mol. The number of rotatable bonds is 8. The minimum atomic E-state index is -0.826. The highest BCUT2D eigenvalue weighted by atomic mass is 35.5. The lowest BCUT2D eigenvalue weighted by Gasteiger charge is -2.25. The topological polar surface area (TPSA) is 96.2 Å². The number of benzene rings is 3. The summed E-state index contributed by atoms with van der Waals surface area (Å²) in [6, 6.07) is 17.6. The number of carbonyl (C=O) groups is 2. The molecule has 8 nitrogen and oxygen atoms in total. The van der Waals surface area contributed by atoms with E-state index in [2.05, 4.69) is 4.99 Å². The first-order chi connectivity index (χ1) is 19.8. The number of esters is 2. The van der Waals surface area contributed by atoms with Crippen LogP contribution >= 0.6 is 22.9 Å². The molecule has 0 aliphatic carbocycles. The lowest BCUT2D eigenvalue weighted by atomic mass is 9.96. The van der Waals surface area contributed by atoms with Gasteiger partial charge in [0.2, 0.25) is 0 Å². The first kappa shape index (κ1) is 28.3. The highest BCUT2D eigenvalue weighted by Crippen LogP contribution is 2.34. The fourth-order valence-electron chi connectivity index (χ4n) is 4.80. The van der Waals surface area contributed by atoms with E-state index in [1.165, 1.54) is 15.9 Å². The molecule has 0 bridgehead atoms. The van der Waals surface area contributed by atoms with E-state index in [0.717, 1.165) is 10.8 Å². The van der Waals surface area contributed by atoms with Crippen LogP contribution in [-0.2, 0) is 19.1 Å². The highest BCUT2D eigenvalue weighted by Gasteiger charge is 2.34. The van der Waals surface area contributed by atoms with Gasteiger partial charge in [-0.25, -0.2) is 14.6 Å². The van der Waals surface area contributed by atoms with Gasteiger partial charge in [0.25, 0.3) is 5.56 Å². The summed E-state index contributed by atoms with van der Waals surface area (Å²) < 4.78 is 18.1. The Morgan fingerprint density at radius 3 is 2.51 bits per heavy atom. The molecule has 10 heteroatoms. The molecule has 210 valence electrons. The smallest absolute Gasteiger partial charge is 0.344 e. The van der Waals surface area contributed by atoms with Crippen LogP contribution in [0.15, 0.2) is 81.7 Å². The van der Waals surface area contributed by atoms with Crippen LogP contribution in [0.2, 0.25) is 5.02 Å². The number of fused-ring (bicyclic) bond motifs is 2. The second kappa shape index (κ2) is 12.1. The van der Waals surface area contributed by atoms with Crippen molar-refractivity contribution in [2.24, 2.45) is 4.99 Å². The predicted octanol–water partition coefficient (Wildman–Crippen LogP) is 4.55. The van der Waals surface area contributed by atoms with E-state index in [9.17, 15) is 14.4 Å². The molecule has 1 aliphatic heterocycles. The van der Waals surface area contributed by atoms with Crippen molar-refractivity contribution >= 4 is 51.7 Å². The monoisotopic (exact) mass is 590 g/mol. The normalized spacial score (nSPS) is 14.9. The Morgan fingerprint density at radius 2 is 1.76 bits per heavy atom. The number of halogens is 1. The first-order valence-corrected chi connectivity index (χ1v) is 14.3. The quantitative estimate of drug-likeness (QED) is 0.280. The van der Waals surface area contributed by atoms with E-state index >= 15 is 0 Å². The van der Waals surface area contributed by atoms with Crippen molar-refractivity contribution in [3.8, 4) is 5.75 Å². The van der Waals surface area contributed by atoms with Crippen molar-refractivity contribution in [2.45, 2.75) is 26.8 Å². The molecule has 0 radical (unpaired) electrons. The third kappa shape index (κ3) is 5.55. The van der Waals surface area contributed by atoms with Crippen LogP contribution in [0.25, 0.3) is 16.8 Å². The van der Waals surface area contributed by atoms with E-state index in [4.69, 9.17) is 25.8 Å².